The largest absolute Gasteiger partial charge is 0.306 e. The zero-order chi connectivity index (χ0) is 17.3. The molecule has 6 rings (SSSR count). The summed E-state index contributed by atoms with van der Waals surface area (Å²) in [4.78, 5) is 0. The van der Waals surface area contributed by atoms with Crippen molar-refractivity contribution < 1.29 is 0 Å². The minimum absolute atomic E-state index is 0.783. The molecule has 0 atom stereocenters. The van der Waals surface area contributed by atoms with Crippen LogP contribution in [0, 0.1) is 0 Å². The lowest BCUT2D eigenvalue weighted by Crippen LogP contribution is -1.95. The number of benzene rings is 4. The molecule has 1 nitrogen and oxygen atoms in total. The highest BCUT2D eigenvalue weighted by Crippen LogP contribution is 2.47. The maximum atomic E-state index is 6.70. The van der Waals surface area contributed by atoms with Crippen molar-refractivity contribution in [1.82, 2.24) is 4.57 Å². The number of nitrogens with zero attached hydrogens (tertiary/aromatic N) is 1. The summed E-state index contributed by atoms with van der Waals surface area (Å²) in [5.74, 6) is 0. The van der Waals surface area contributed by atoms with Crippen molar-refractivity contribution in [3.63, 3.8) is 0 Å². The molecule has 0 spiro atoms. The van der Waals surface area contributed by atoms with Gasteiger partial charge in [0, 0.05) is 21.9 Å². The van der Waals surface area contributed by atoms with Gasteiger partial charge in [-0.05, 0) is 23.3 Å². The predicted molar refractivity (Wildman–Crippen MR) is 110 cm³/mol. The molecule has 0 fully saturated rings. The van der Waals surface area contributed by atoms with Crippen molar-refractivity contribution in [2.24, 2.45) is 0 Å². The first-order chi connectivity index (χ1) is 12.8. The van der Waals surface area contributed by atoms with Crippen molar-refractivity contribution in [3.8, 4) is 27.9 Å². The van der Waals surface area contributed by atoms with Gasteiger partial charge < -0.3 is 4.57 Å². The molecule has 0 unspecified atom stereocenters. The third-order valence-corrected chi connectivity index (χ3v) is 5.72. The van der Waals surface area contributed by atoms with Gasteiger partial charge in [-0.2, -0.15) is 0 Å². The smallest absolute Gasteiger partial charge is 0.0727 e. The average molecular weight is 352 g/mol. The van der Waals surface area contributed by atoms with Crippen molar-refractivity contribution in [3.05, 3.63) is 90.0 Å². The van der Waals surface area contributed by atoms with Crippen LogP contribution in [0.2, 0.25) is 5.02 Å². The lowest BCUT2D eigenvalue weighted by Gasteiger charge is -2.12. The quantitative estimate of drug-likeness (QED) is 0.275. The number of hydrogen-bond acceptors (Lipinski definition) is 0. The fraction of sp³-hybridized carbons (Fsp3) is 0. The molecule has 1 aliphatic rings. The van der Waals surface area contributed by atoms with Gasteiger partial charge in [0.2, 0.25) is 0 Å². The summed E-state index contributed by atoms with van der Waals surface area (Å²) >= 11 is 6.70. The minimum atomic E-state index is 0.783. The first kappa shape index (κ1) is 14.2. The first-order valence-electron chi connectivity index (χ1n) is 8.75. The van der Waals surface area contributed by atoms with Gasteiger partial charge in [-0.3, -0.25) is 0 Å². The molecule has 0 radical (unpaired) electrons. The van der Waals surface area contributed by atoms with E-state index in [1.165, 1.54) is 44.2 Å². The van der Waals surface area contributed by atoms with Crippen LogP contribution in [0.4, 0.5) is 0 Å². The summed E-state index contributed by atoms with van der Waals surface area (Å²) < 4.78 is 2.34. The zero-order valence-electron chi connectivity index (χ0n) is 13.9. The molecule has 0 N–H and O–H groups in total. The van der Waals surface area contributed by atoms with E-state index < -0.39 is 0 Å². The van der Waals surface area contributed by atoms with Gasteiger partial charge in [0.25, 0.3) is 0 Å². The molecule has 0 amide bonds. The Hall–Kier alpha value is -3.03. The van der Waals surface area contributed by atoms with Crippen LogP contribution in [-0.2, 0) is 0 Å². The number of para-hydroxylation sites is 3. The Kier molecular flexibility index (Phi) is 2.72. The van der Waals surface area contributed by atoms with E-state index in [4.69, 9.17) is 11.6 Å². The molecule has 0 saturated carbocycles. The number of fused-ring (bicyclic) bond motifs is 8. The molecular formula is C24H14ClN. The fourth-order valence-electron chi connectivity index (χ4n) is 4.38. The molecular weight excluding hydrogens is 338 g/mol. The van der Waals surface area contributed by atoms with E-state index in [2.05, 4.69) is 77.4 Å². The maximum Gasteiger partial charge on any atom is 0.0727 e. The third kappa shape index (κ3) is 1.66. The van der Waals surface area contributed by atoms with Crippen LogP contribution in [-0.4, -0.2) is 4.57 Å². The normalized spacial score (nSPS) is 12.0. The molecule has 5 aromatic rings. The van der Waals surface area contributed by atoms with Gasteiger partial charge in [0.05, 0.1) is 21.7 Å². The average Bonchev–Trinajstić information content (AvgIpc) is 2.97. The summed E-state index contributed by atoms with van der Waals surface area (Å²) in [7, 11) is 0. The summed E-state index contributed by atoms with van der Waals surface area (Å²) in [6, 6.07) is 30.0. The molecule has 0 bridgehead atoms. The molecule has 2 heteroatoms. The molecule has 0 saturated heterocycles. The number of halogens is 1. The van der Waals surface area contributed by atoms with E-state index in [1.54, 1.807) is 0 Å². The van der Waals surface area contributed by atoms with Crippen molar-refractivity contribution >= 4 is 33.4 Å². The van der Waals surface area contributed by atoms with E-state index in [9.17, 15) is 0 Å². The highest BCUT2D eigenvalue weighted by Gasteiger charge is 2.24. The Morgan fingerprint density at radius 2 is 1.08 bits per heavy atom. The van der Waals surface area contributed by atoms with Crippen LogP contribution in [0.1, 0.15) is 0 Å². The van der Waals surface area contributed by atoms with Gasteiger partial charge in [-0.25, -0.2) is 0 Å². The van der Waals surface area contributed by atoms with Gasteiger partial charge in [-0.1, -0.05) is 84.4 Å². The third-order valence-electron chi connectivity index (χ3n) is 5.41. The summed E-state index contributed by atoms with van der Waals surface area (Å²) in [5.41, 5.74) is 8.50. The molecule has 26 heavy (non-hydrogen) atoms. The number of hydrogen-bond donors (Lipinski definition) is 0. The second-order valence-corrected chi connectivity index (χ2v) is 7.14. The van der Waals surface area contributed by atoms with Gasteiger partial charge in [0.1, 0.15) is 0 Å². The topological polar surface area (TPSA) is 4.93 Å². The van der Waals surface area contributed by atoms with Crippen LogP contribution in [0.3, 0.4) is 0 Å². The Balaban J connectivity index is 2.00. The highest BCUT2D eigenvalue weighted by atomic mass is 35.5. The van der Waals surface area contributed by atoms with Crippen LogP contribution in [0.5, 0.6) is 0 Å². The Morgan fingerprint density at radius 3 is 1.88 bits per heavy atom. The Bertz CT molecular complexity index is 1340. The van der Waals surface area contributed by atoms with E-state index >= 15 is 0 Å². The van der Waals surface area contributed by atoms with E-state index in [-0.39, 0.29) is 0 Å². The van der Waals surface area contributed by atoms with E-state index in [0.717, 1.165) is 10.5 Å². The molecule has 122 valence electrons. The number of aromatic nitrogens is 1. The van der Waals surface area contributed by atoms with E-state index in [1.807, 2.05) is 12.1 Å². The SMILES string of the molecule is Clc1cccc2c3cccc4c3n(c12)-c1ccccc1-c1ccccc1-4. The summed E-state index contributed by atoms with van der Waals surface area (Å²) in [5, 5.41) is 3.22. The van der Waals surface area contributed by atoms with Crippen LogP contribution in [0.15, 0.2) is 84.9 Å². The van der Waals surface area contributed by atoms with Crippen molar-refractivity contribution in [2.45, 2.75) is 0 Å². The fourth-order valence-corrected chi connectivity index (χ4v) is 4.64. The molecule has 1 aliphatic heterocycles. The Morgan fingerprint density at radius 1 is 0.500 bits per heavy atom. The molecule has 4 aromatic carbocycles. The molecule has 2 heterocycles. The first-order valence-corrected chi connectivity index (χ1v) is 9.13. The van der Waals surface area contributed by atoms with Crippen LogP contribution in [0.25, 0.3) is 49.7 Å². The maximum absolute atomic E-state index is 6.70. The predicted octanol–water partition coefficient (Wildman–Crippen LogP) is 7.08. The second-order valence-electron chi connectivity index (χ2n) is 6.74. The zero-order valence-corrected chi connectivity index (χ0v) is 14.7. The van der Waals surface area contributed by atoms with E-state index in [0.29, 0.717) is 0 Å². The van der Waals surface area contributed by atoms with Crippen LogP contribution < -0.4 is 0 Å². The Labute approximate surface area is 156 Å². The number of rotatable bonds is 0. The van der Waals surface area contributed by atoms with Gasteiger partial charge >= 0.3 is 0 Å². The monoisotopic (exact) mass is 351 g/mol. The standard InChI is InChI=1S/C24H14ClN/c25-21-13-6-12-20-19-11-5-10-18-16-8-2-1-7-15(16)17-9-3-4-14-22(17)26(23(18)19)24(20)21/h1-14H. The van der Waals surface area contributed by atoms with Gasteiger partial charge in [0.15, 0.2) is 0 Å². The highest BCUT2D eigenvalue weighted by molar-refractivity contribution is 6.37. The second kappa shape index (κ2) is 5.00. The lowest BCUT2D eigenvalue weighted by molar-refractivity contribution is 1.19. The van der Waals surface area contributed by atoms with Gasteiger partial charge in [-0.15, -0.1) is 0 Å². The van der Waals surface area contributed by atoms with Crippen LogP contribution >= 0.6 is 11.6 Å². The summed E-state index contributed by atoms with van der Waals surface area (Å²) in [6.45, 7) is 0. The summed E-state index contributed by atoms with van der Waals surface area (Å²) in [6.07, 6.45) is 0. The molecule has 0 aliphatic carbocycles. The lowest BCUT2D eigenvalue weighted by atomic mass is 9.94. The van der Waals surface area contributed by atoms with Crippen molar-refractivity contribution in [1.29, 1.82) is 0 Å². The van der Waals surface area contributed by atoms with Crippen molar-refractivity contribution in [2.75, 3.05) is 0 Å². The minimum Gasteiger partial charge on any atom is -0.306 e. The molecule has 1 aromatic heterocycles.